The summed E-state index contributed by atoms with van der Waals surface area (Å²) in [5.74, 6) is 0. The molecule has 1 aliphatic carbocycles. The van der Waals surface area contributed by atoms with Crippen LogP contribution in [-0.2, 0) is 0 Å². The number of nitrogens with one attached hydrogen (secondary N) is 1. The lowest BCUT2D eigenvalue weighted by Gasteiger charge is -2.10. The highest BCUT2D eigenvalue weighted by atomic mass is 14.4. The van der Waals surface area contributed by atoms with Crippen molar-refractivity contribution < 1.29 is 0 Å². The van der Waals surface area contributed by atoms with Crippen LogP contribution in [-0.4, -0.2) is 5.71 Å². The average molecular weight is 209 g/mol. The van der Waals surface area contributed by atoms with Gasteiger partial charge in [0.05, 0.1) is 5.71 Å². The summed E-state index contributed by atoms with van der Waals surface area (Å²) in [5.41, 5.74) is 5.10. The molecule has 1 heteroatoms. The van der Waals surface area contributed by atoms with Gasteiger partial charge < -0.3 is 5.41 Å². The molecule has 0 unspecified atom stereocenters. The molecule has 0 heterocycles. The summed E-state index contributed by atoms with van der Waals surface area (Å²) in [4.78, 5) is 0. The molecule has 1 N–H and O–H groups in total. The van der Waals surface area contributed by atoms with Crippen LogP contribution >= 0.6 is 0 Å². The number of allylic oxidation sites excluding steroid dienone is 6. The van der Waals surface area contributed by atoms with E-state index in [0.29, 0.717) is 5.71 Å². The normalized spacial score (nSPS) is 17.8. The molecule has 0 aliphatic heterocycles. The van der Waals surface area contributed by atoms with Crippen LogP contribution in [0.25, 0.3) is 5.57 Å². The summed E-state index contributed by atoms with van der Waals surface area (Å²) < 4.78 is 0. The van der Waals surface area contributed by atoms with E-state index in [2.05, 4.69) is 31.2 Å². The van der Waals surface area contributed by atoms with Crippen LogP contribution < -0.4 is 0 Å². The average Bonchev–Trinajstić information content (AvgIpc) is 2.29. The van der Waals surface area contributed by atoms with Gasteiger partial charge in [0.1, 0.15) is 0 Å². The molecule has 0 aromatic heterocycles. The van der Waals surface area contributed by atoms with Crippen LogP contribution in [0.5, 0.6) is 0 Å². The second-order valence-corrected chi connectivity index (χ2v) is 3.96. The third kappa shape index (κ3) is 2.03. The van der Waals surface area contributed by atoms with Crippen molar-refractivity contribution in [2.24, 2.45) is 0 Å². The Balaban J connectivity index is 2.39. The highest BCUT2D eigenvalue weighted by Gasteiger charge is 2.07. The molecule has 0 fully saturated rings. The molecule has 0 radical (unpaired) electrons. The lowest BCUT2D eigenvalue weighted by molar-refractivity contribution is 1.44. The Labute approximate surface area is 96.3 Å². The first kappa shape index (κ1) is 10.6. The van der Waals surface area contributed by atoms with Gasteiger partial charge in [-0.2, -0.15) is 0 Å². The molecular formula is C15H15N. The van der Waals surface area contributed by atoms with Gasteiger partial charge in [0.2, 0.25) is 0 Å². The van der Waals surface area contributed by atoms with Crippen LogP contribution in [0, 0.1) is 12.3 Å². The minimum absolute atomic E-state index is 0.585. The van der Waals surface area contributed by atoms with Gasteiger partial charge in [-0.15, -0.1) is 0 Å². The molecule has 0 spiro atoms. The maximum atomic E-state index is 7.88. The van der Waals surface area contributed by atoms with E-state index < -0.39 is 0 Å². The van der Waals surface area contributed by atoms with E-state index in [4.69, 9.17) is 5.41 Å². The van der Waals surface area contributed by atoms with Crippen molar-refractivity contribution in [1.82, 2.24) is 0 Å². The van der Waals surface area contributed by atoms with Gasteiger partial charge in [-0.3, -0.25) is 0 Å². The van der Waals surface area contributed by atoms with E-state index >= 15 is 0 Å². The molecule has 2 rings (SSSR count). The van der Waals surface area contributed by atoms with Gasteiger partial charge in [-0.05, 0) is 36.6 Å². The SMILES string of the molecule is C/C=C1/C=CC(c2cccc(C)c2)=CC1=N. The van der Waals surface area contributed by atoms with Gasteiger partial charge in [0.25, 0.3) is 0 Å². The third-order valence-corrected chi connectivity index (χ3v) is 2.72. The fourth-order valence-corrected chi connectivity index (χ4v) is 1.81. The molecule has 0 amide bonds. The molecule has 16 heavy (non-hydrogen) atoms. The summed E-state index contributed by atoms with van der Waals surface area (Å²) >= 11 is 0. The molecular weight excluding hydrogens is 194 g/mol. The van der Waals surface area contributed by atoms with Crippen molar-refractivity contribution in [3.8, 4) is 0 Å². The van der Waals surface area contributed by atoms with E-state index in [0.717, 1.165) is 11.1 Å². The first-order chi connectivity index (χ1) is 7.70. The maximum Gasteiger partial charge on any atom is 0.0615 e. The van der Waals surface area contributed by atoms with Crippen molar-refractivity contribution in [3.05, 3.63) is 65.3 Å². The number of benzene rings is 1. The minimum atomic E-state index is 0.585. The van der Waals surface area contributed by atoms with Crippen LogP contribution in [0.3, 0.4) is 0 Å². The van der Waals surface area contributed by atoms with Gasteiger partial charge in [-0.1, -0.05) is 48.1 Å². The molecule has 0 bridgehead atoms. The molecule has 1 aliphatic rings. The highest BCUT2D eigenvalue weighted by Crippen LogP contribution is 2.22. The number of hydrogen-bond acceptors (Lipinski definition) is 1. The zero-order valence-corrected chi connectivity index (χ0v) is 9.62. The summed E-state index contributed by atoms with van der Waals surface area (Å²) in [6, 6.07) is 8.36. The Hall–Kier alpha value is -1.89. The second-order valence-electron chi connectivity index (χ2n) is 3.96. The summed E-state index contributed by atoms with van der Waals surface area (Å²) in [7, 11) is 0. The van der Waals surface area contributed by atoms with Crippen molar-refractivity contribution in [1.29, 1.82) is 5.41 Å². The monoisotopic (exact) mass is 209 g/mol. The quantitative estimate of drug-likeness (QED) is 0.725. The Morgan fingerprint density at radius 1 is 1.19 bits per heavy atom. The number of hydrogen-bond donors (Lipinski definition) is 1. The standard InChI is InChI=1S/C15H15N/c1-3-12-7-8-14(10-15(12)16)13-6-4-5-11(2)9-13/h3-10,16H,1-2H3/b12-3-,16-15?. The molecule has 0 atom stereocenters. The molecule has 1 nitrogen and oxygen atoms in total. The molecule has 80 valence electrons. The van der Waals surface area contributed by atoms with Crippen LogP contribution in [0.2, 0.25) is 0 Å². The van der Waals surface area contributed by atoms with E-state index in [1.165, 1.54) is 11.1 Å². The fourth-order valence-electron chi connectivity index (χ4n) is 1.81. The zero-order valence-electron chi connectivity index (χ0n) is 9.62. The van der Waals surface area contributed by atoms with Gasteiger partial charge in [0, 0.05) is 0 Å². The molecule has 1 aromatic rings. The Bertz CT molecular complexity index is 516. The predicted molar refractivity (Wildman–Crippen MR) is 69.8 cm³/mol. The summed E-state index contributed by atoms with van der Waals surface area (Å²) in [6.07, 6.45) is 7.95. The van der Waals surface area contributed by atoms with E-state index in [1.807, 2.05) is 31.2 Å². The highest BCUT2D eigenvalue weighted by molar-refractivity contribution is 6.14. The third-order valence-electron chi connectivity index (χ3n) is 2.72. The van der Waals surface area contributed by atoms with Crippen molar-refractivity contribution >= 4 is 11.3 Å². The van der Waals surface area contributed by atoms with Crippen LogP contribution in [0.1, 0.15) is 18.1 Å². The van der Waals surface area contributed by atoms with E-state index in [9.17, 15) is 0 Å². The Kier molecular flexibility index (Phi) is 2.86. The van der Waals surface area contributed by atoms with E-state index in [-0.39, 0.29) is 0 Å². The lowest BCUT2D eigenvalue weighted by atomic mass is 9.94. The van der Waals surface area contributed by atoms with Crippen LogP contribution in [0.4, 0.5) is 0 Å². The summed E-state index contributed by atoms with van der Waals surface area (Å²) in [6.45, 7) is 4.04. The van der Waals surface area contributed by atoms with E-state index in [1.54, 1.807) is 0 Å². The topological polar surface area (TPSA) is 23.9 Å². The fraction of sp³-hybridized carbons (Fsp3) is 0.133. The number of aryl methyl sites for hydroxylation is 1. The Morgan fingerprint density at radius 2 is 2.00 bits per heavy atom. The smallest absolute Gasteiger partial charge is 0.0615 e. The first-order valence-corrected chi connectivity index (χ1v) is 5.43. The van der Waals surface area contributed by atoms with Crippen molar-refractivity contribution in [2.45, 2.75) is 13.8 Å². The lowest BCUT2D eigenvalue weighted by Crippen LogP contribution is -2.00. The predicted octanol–water partition coefficient (Wildman–Crippen LogP) is 3.91. The van der Waals surface area contributed by atoms with Crippen molar-refractivity contribution in [2.75, 3.05) is 0 Å². The van der Waals surface area contributed by atoms with Crippen LogP contribution in [0.15, 0.2) is 54.1 Å². The van der Waals surface area contributed by atoms with Gasteiger partial charge >= 0.3 is 0 Å². The largest absolute Gasteiger partial charge is 0.300 e. The minimum Gasteiger partial charge on any atom is -0.300 e. The molecule has 0 saturated heterocycles. The Morgan fingerprint density at radius 3 is 2.62 bits per heavy atom. The van der Waals surface area contributed by atoms with Crippen molar-refractivity contribution in [3.63, 3.8) is 0 Å². The zero-order chi connectivity index (χ0) is 11.5. The van der Waals surface area contributed by atoms with Gasteiger partial charge in [0.15, 0.2) is 0 Å². The molecule has 1 aromatic carbocycles. The second kappa shape index (κ2) is 4.31. The molecule has 0 saturated carbocycles. The summed E-state index contributed by atoms with van der Waals surface area (Å²) in [5, 5.41) is 7.88. The first-order valence-electron chi connectivity index (χ1n) is 5.43. The maximum absolute atomic E-state index is 7.88. The van der Waals surface area contributed by atoms with Gasteiger partial charge in [-0.25, -0.2) is 0 Å². The number of rotatable bonds is 1.